The van der Waals surface area contributed by atoms with Gasteiger partial charge in [-0.1, -0.05) is 12.1 Å². The number of anilines is 1. The summed E-state index contributed by atoms with van der Waals surface area (Å²) in [6, 6.07) is 6.08. The molecule has 14 heteroatoms. The molecule has 0 radical (unpaired) electrons. The molecule has 0 spiro atoms. The maximum atomic E-state index is 12.7. The predicted octanol–water partition coefficient (Wildman–Crippen LogP) is 3.20. The molecule has 0 bridgehead atoms. The van der Waals surface area contributed by atoms with Crippen LogP contribution in [0.15, 0.2) is 18.2 Å². The Morgan fingerprint density at radius 2 is 1.53 bits per heavy atom. The Hall–Kier alpha value is -2.74. The molecule has 38 heavy (non-hydrogen) atoms. The molecule has 0 aliphatic carbocycles. The Morgan fingerprint density at radius 1 is 0.947 bits per heavy atom. The molecular formula is C24H30F6N4O4. The lowest BCUT2D eigenvalue weighted by Crippen LogP contribution is -2.52. The molecule has 1 aromatic carbocycles. The van der Waals surface area contributed by atoms with E-state index >= 15 is 0 Å². The molecule has 3 fully saturated rings. The fourth-order valence-electron chi connectivity index (χ4n) is 5.53. The van der Waals surface area contributed by atoms with Gasteiger partial charge >= 0.3 is 24.4 Å². The number of amides is 1. The first-order chi connectivity index (χ1) is 17.7. The Balaban J connectivity index is 1.34. The molecule has 3 heterocycles. The van der Waals surface area contributed by atoms with E-state index in [0.29, 0.717) is 18.4 Å². The smallest absolute Gasteiger partial charge is 0.434 e. The molecule has 2 atom stereocenters. The second-order valence-electron chi connectivity index (χ2n) is 10.3. The number of benzene rings is 1. The van der Waals surface area contributed by atoms with Gasteiger partial charge in [0.2, 0.25) is 0 Å². The topological polar surface area (TPSA) is 76.6 Å². The average molecular weight is 553 g/mol. The van der Waals surface area contributed by atoms with Gasteiger partial charge < -0.3 is 19.6 Å². The summed E-state index contributed by atoms with van der Waals surface area (Å²) in [5, 5.41) is 9.06. The fourth-order valence-corrected chi connectivity index (χ4v) is 5.53. The van der Waals surface area contributed by atoms with Crippen LogP contribution in [0, 0.1) is 18.8 Å². The van der Waals surface area contributed by atoms with Gasteiger partial charge in [-0.15, -0.1) is 0 Å². The van der Waals surface area contributed by atoms with E-state index in [1.165, 1.54) is 0 Å². The number of halogens is 6. The summed E-state index contributed by atoms with van der Waals surface area (Å²) in [6.07, 6.45) is -17.3. The maximum absolute atomic E-state index is 12.7. The summed E-state index contributed by atoms with van der Waals surface area (Å²) in [5.74, 6) is -0.0966. The van der Waals surface area contributed by atoms with Gasteiger partial charge in [-0.25, -0.2) is 4.79 Å². The van der Waals surface area contributed by atoms with Crippen molar-refractivity contribution in [2.24, 2.45) is 11.8 Å². The van der Waals surface area contributed by atoms with Gasteiger partial charge in [-0.3, -0.25) is 14.6 Å². The van der Waals surface area contributed by atoms with Gasteiger partial charge in [0.1, 0.15) is 0 Å². The normalized spacial score (nSPS) is 23.3. The van der Waals surface area contributed by atoms with Crippen molar-refractivity contribution in [3.63, 3.8) is 0 Å². The third-order valence-corrected chi connectivity index (χ3v) is 7.34. The zero-order valence-corrected chi connectivity index (χ0v) is 20.8. The van der Waals surface area contributed by atoms with Crippen molar-refractivity contribution in [1.82, 2.24) is 14.7 Å². The Labute approximate surface area is 215 Å². The molecule has 3 aliphatic rings. The zero-order valence-electron chi connectivity index (χ0n) is 20.8. The van der Waals surface area contributed by atoms with Crippen LogP contribution in [0.5, 0.6) is 0 Å². The summed E-state index contributed by atoms with van der Waals surface area (Å²) in [6.45, 7) is 6.00. The molecule has 1 aromatic rings. The van der Waals surface area contributed by atoms with E-state index < -0.39 is 30.5 Å². The molecule has 2 unspecified atom stereocenters. The molecule has 0 saturated carbocycles. The van der Waals surface area contributed by atoms with Crippen molar-refractivity contribution in [2.75, 3.05) is 63.8 Å². The van der Waals surface area contributed by atoms with Gasteiger partial charge in [-0.2, -0.15) is 26.3 Å². The maximum Gasteiger partial charge on any atom is 0.434 e. The second kappa shape index (κ2) is 10.8. The molecule has 4 rings (SSSR count). The first kappa shape index (κ1) is 28.3. The van der Waals surface area contributed by atoms with Crippen molar-refractivity contribution >= 4 is 17.7 Å². The van der Waals surface area contributed by atoms with E-state index in [1.807, 2.05) is 28.9 Å². The van der Waals surface area contributed by atoms with E-state index in [-0.39, 0.29) is 32.7 Å². The van der Waals surface area contributed by atoms with Crippen LogP contribution in [-0.2, 0) is 16.1 Å². The van der Waals surface area contributed by atoms with Crippen LogP contribution >= 0.6 is 0 Å². The number of carboxylic acid groups (broad SMARTS) is 1. The van der Waals surface area contributed by atoms with Crippen LogP contribution in [0.4, 0.5) is 36.8 Å². The minimum absolute atomic E-state index is 0.0370. The lowest BCUT2D eigenvalue weighted by molar-refractivity contribution is -0.308. The van der Waals surface area contributed by atoms with E-state index in [9.17, 15) is 35.9 Å². The molecule has 8 nitrogen and oxygen atoms in total. The third kappa shape index (κ3) is 6.63. The molecule has 0 aromatic heterocycles. The summed E-state index contributed by atoms with van der Waals surface area (Å²) in [4.78, 5) is 30.2. The fraction of sp³-hybridized carbons (Fsp3) is 0.667. The number of carboxylic acids is 1. The number of aliphatic carboxylic acids is 1. The highest BCUT2D eigenvalue weighted by atomic mass is 19.4. The van der Waals surface area contributed by atoms with Crippen LogP contribution in [0.25, 0.3) is 0 Å². The summed E-state index contributed by atoms with van der Waals surface area (Å²) >= 11 is 0. The number of piperazine rings is 1. The van der Waals surface area contributed by atoms with E-state index in [4.69, 9.17) is 5.11 Å². The number of carbonyl (C=O) groups is 2. The minimum Gasteiger partial charge on any atom is -0.480 e. The van der Waals surface area contributed by atoms with Gasteiger partial charge in [0.15, 0.2) is 0 Å². The lowest BCUT2D eigenvalue weighted by Gasteiger charge is -2.36. The van der Waals surface area contributed by atoms with Crippen molar-refractivity contribution in [3.05, 3.63) is 29.3 Å². The monoisotopic (exact) mass is 552 g/mol. The Morgan fingerprint density at radius 3 is 2.05 bits per heavy atom. The highest BCUT2D eigenvalue weighted by Gasteiger charge is 2.60. The standard InChI is InChI=1S/C24H30F6N4O4/c1-15-2-3-16(19(8-15)34-12-17-10-32(14-20(35)36)11-18(17)13-34)9-31-4-6-33(7-5-31)22(37)38-21(23(25,26)27)24(28,29)30/h2-3,8,17-18,21H,4-7,9-14H2,1H3,(H,35,36). The molecule has 3 saturated heterocycles. The highest BCUT2D eigenvalue weighted by Crippen LogP contribution is 2.37. The molecule has 212 valence electrons. The van der Waals surface area contributed by atoms with Crippen molar-refractivity contribution in [2.45, 2.75) is 31.9 Å². The number of fused-ring (bicyclic) bond motifs is 1. The second-order valence-corrected chi connectivity index (χ2v) is 10.3. The summed E-state index contributed by atoms with van der Waals surface area (Å²) < 4.78 is 80.2. The van der Waals surface area contributed by atoms with Gasteiger partial charge in [0.05, 0.1) is 6.54 Å². The predicted molar refractivity (Wildman–Crippen MR) is 124 cm³/mol. The number of hydrogen-bond acceptors (Lipinski definition) is 6. The number of aryl methyl sites for hydroxylation is 1. The van der Waals surface area contributed by atoms with Gasteiger partial charge in [-0.05, 0) is 36.0 Å². The molecule has 1 N–H and O–H groups in total. The zero-order chi connectivity index (χ0) is 27.8. The summed E-state index contributed by atoms with van der Waals surface area (Å²) in [5.41, 5.74) is 3.16. The Kier molecular flexibility index (Phi) is 8.03. The number of carbonyl (C=O) groups excluding carboxylic acids is 1. The van der Waals surface area contributed by atoms with Crippen LogP contribution in [-0.4, -0.2) is 109 Å². The van der Waals surface area contributed by atoms with Crippen molar-refractivity contribution < 1.29 is 45.8 Å². The number of rotatable bonds is 6. The highest BCUT2D eigenvalue weighted by molar-refractivity contribution is 5.69. The van der Waals surface area contributed by atoms with Gasteiger partial charge in [0.25, 0.3) is 6.10 Å². The quantitative estimate of drug-likeness (QED) is 0.544. The molecular weight excluding hydrogens is 522 g/mol. The van der Waals surface area contributed by atoms with Crippen LogP contribution in [0.3, 0.4) is 0 Å². The lowest BCUT2D eigenvalue weighted by atomic mass is 10.0. The first-order valence-electron chi connectivity index (χ1n) is 12.3. The van der Waals surface area contributed by atoms with Crippen LogP contribution in [0.1, 0.15) is 11.1 Å². The number of hydrogen-bond donors (Lipinski definition) is 1. The number of ether oxygens (including phenoxy) is 1. The minimum atomic E-state index is -5.75. The van der Waals surface area contributed by atoms with Gasteiger partial charge in [0, 0.05) is 64.6 Å². The average Bonchev–Trinajstić information content (AvgIpc) is 3.35. The van der Waals surface area contributed by atoms with E-state index in [0.717, 1.165) is 47.9 Å². The number of likely N-dealkylation sites (tertiary alicyclic amines) is 1. The first-order valence-corrected chi connectivity index (χ1v) is 12.3. The van der Waals surface area contributed by atoms with Crippen LogP contribution in [0.2, 0.25) is 0 Å². The van der Waals surface area contributed by atoms with Crippen molar-refractivity contribution in [3.8, 4) is 0 Å². The van der Waals surface area contributed by atoms with E-state index in [1.54, 1.807) is 0 Å². The van der Waals surface area contributed by atoms with Crippen LogP contribution < -0.4 is 4.90 Å². The number of nitrogens with zero attached hydrogens (tertiary/aromatic N) is 4. The Bertz CT molecular complexity index is 1000. The SMILES string of the molecule is Cc1ccc(CN2CCN(C(=O)OC(C(F)(F)F)C(F)(F)F)CC2)c(N2CC3CN(CC(=O)O)CC3C2)c1. The molecule has 1 amide bonds. The van der Waals surface area contributed by atoms with Crippen molar-refractivity contribution in [1.29, 1.82) is 0 Å². The number of alkyl halides is 6. The largest absolute Gasteiger partial charge is 0.480 e. The third-order valence-electron chi connectivity index (χ3n) is 7.34. The molecule has 3 aliphatic heterocycles. The van der Waals surface area contributed by atoms with E-state index in [2.05, 4.69) is 15.7 Å². The summed E-state index contributed by atoms with van der Waals surface area (Å²) in [7, 11) is 0.